The van der Waals surface area contributed by atoms with E-state index >= 15 is 0 Å². The number of hydrogen-bond donors (Lipinski definition) is 0. The molecule has 286 valence electrons. The molecule has 1 saturated heterocycles. The highest BCUT2D eigenvalue weighted by atomic mass is 32.2. The average Bonchev–Trinajstić information content (AvgIpc) is 3.58. The number of aromatic nitrogens is 1. The molecule has 7 nitrogen and oxygen atoms in total. The zero-order valence-corrected chi connectivity index (χ0v) is 32.6. The molecule has 0 N–H and O–H groups in total. The fourth-order valence-corrected chi connectivity index (χ4v) is 7.07. The van der Waals surface area contributed by atoms with Gasteiger partial charge in [0.05, 0.1) is 18.1 Å². The first-order valence-electron chi connectivity index (χ1n) is 20.1. The van der Waals surface area contributed by atoms with Crippen LogP contribution in [0.25, 0.3) is 10.9 Å². The lowest BCUT2D eigenvalue weighted by Crippen LogP contribution is -2.33. The molecule has 0 amide bonds. The molecule has 0 bridgehead atoms. The number of hydrogen-bond acceptors (Lipinski definition) is 6. The zero-order chi connectivity index (χ0) is 36.4. The molecule has 1 fully saturated rings. The van der Waals surface area contributed by atoms with Crippen molar-refractivity contribution in [1.29, 1.82) is 0 Å². The minimum atomic E-state index is -4.27. The van der Waals surface area contributed by atoms with E-state index in [0.29, 0.717) is 13.2 Å². The van der Waals surface area contributed by atoms with Gasteiger partial charge in [-0.3, -0.25) is 0 Å². The summed E-state index contributed by atoms with van der Waals surface area (Å²) in [6, 6.07) is 18.7. The fraction of sp³-hybridized carbons (Fsp3) is 0.651. The SMILES string of the molecule is CCCCCCCCCCCCCCCCC[C@H]1OC[C@H](COCCCCCC[n+]2cccc3ccccc32)O1.Cc1ccc(S(=O)(=O)[O-])cc1. The third kappa shape index (κ3) is 19.3. The van der Waals surface area contributed by atoms with Crippen LogP contribution in [0.4, 0.5) is 0 Å². The van der Waals surface area contributed by atoms with E-state index in [0.717, 1.165) is 31.6 Å². The molecule has 0 radical (unpaired) electrons. The van der Waals surface area contributed by atoms with Gasteiger partial charge in [0.1, 0.15) is 22.8 Å². The Kier molecular flexibility index (Phi) is 22.3. The van der Waals surface area contributed by atoms with Crippen LogP contribution in [-0.2, 0) is 30.9 Å². The third-order valence-electron chi connectivity index (χ3n) is 9.69. The average molecular weight is 726 g/mol. The smallest absolute Gasteiger partial charge is 0.212 e. The number of pyridine rings is 1. The molecule has 0 aliphatic carbocycles. The monoisotopic (exact) mass is 725 g/mol. The van der Waals surface area contributed by atoms with Gasteiger partial charge in [-0.1, -0.05) is 133 Å². The highest BCUT2D eigenvalue weighted by Gasteiger charge is 2.25. The lowest BCUT2D eigenvalue weighted by Gasteiger charge is -2.12. The maximum atomic E-state index is 10.4. The third-order valence-corrected chi connectivity index (χ3v) is 10.5. The van der Waals surface area contributed by atoms with Gasteiger partial charge in [0, 0.05) is 30.5 Å². The Balaban J connectivity index is 0.000000542. The predicted molar refractivity (Wildman–Crippen MR) is 207 cm³/mol. The van der Waals surface area contributed by atoms with E-state index in [2.05, 4.69) is 54.1 Å². The molecule has 1 aromatic heterocycles. The van der Waals surface area contributed by atoms with Crippen molar-refractivity contribution >= 4 is 21.0 Å². The largest absolute Gasteiger partial charge is 0.744 e. The van der Waals surface area contributed by atoms with Crippen LogP contribution in [-0.4, -0.2) is 45.2 Å². The van der Waals surface area contributed by atoms with E-state index < -0.39 is 10.1 Å². The Morgan fingerprint density at radius 2 is 1.29 bits per heavy atom. The predicted octanol–water partition coefficient (Wildman–Crippen LogP) is 10.6. The van der Waals surface area contributed by atoms with E-state index in [9.17, 15) is 13.0 Å². The lowest BCUT2D eigenvalue weighted by molar-refractivity contribution is -0.671. The molecule has 1 aliphatic heterocycles. The van der Waals surface area contributed by atoms with Crippen molar-refractivity contribution in [2.45, 2.75) is 166 Å². The van der Waals surface area contributed by atoms with E-state index in [1.165, 1.54) is 139 Å². The highest BCUT2D eigenvalue weighted by Crippen LogP contribution is 2.19. The van der Waals surface area contributed by atoms with Crippen LogP contribution >= 0.6 is 0 Å². The Hall–Kier alpha value is -2.36. The first-order chi connectivity index (χ1) is 24.9. The number of aryl methyl sites for hydroxylation is 2. The van der Waals surface area contributed by atoms with Crippen molar-refractivity contribution < 1.29 is 31.7 Å². The molecule has 3 aromatic rings. The molecular weight excluding hydrogens is 659 g/mol. The van der Waals surface area contributed by atoms with Gasteiger partial charge in [-0.05, 0) is 56.9 Å². The standard InChI is InChI=1S/C36H60NO3.C7H8O3S/c1-2-3-4-5-6-7-8-9-10-11-12-13-14-15-18-27-36-39-32-34(40-36)31-38-30-22-17-16-21-28-37-29-23-25-33-24-19-20-26-35(33)37;1-6-2-4-7(5-3-6)11(8,9)10/h19-20,23-26,29,34,36H,2-18,21-22,27-28,30-32H2,1H3;2-5H,1H3,(H,8,9,10)/q+1;/p-1/t34-,36-;/m0./s1. The number of para-hydroxylation sites is 1. The summed E-state index contributed by atoms with van der Waals surface area (Å²) < 4.78 is 51.4. The van der Waals surface area contributed by atoms with E-state index in [1.54, 1.807) is 12.1 Å². The molecule has 2 aromatic carbocycles. The summed E-state index contributed by atoms with van der Waals surface area (Å²) in [7, 11) is -4.27. The molecule has 0 saturated carbocycles. The van der Waals surface area contributed by atoms with Crippen molar-refractivity contribution in [2.24, 2.45) is 0 Å². The van der Waals surface area contributed by atoms with E-state index in [-0.39, 0.29) is 17.3 Å². The second-order valence-corrected chi connectivity index (χ2v) is 15.7. The maximum absolute atomic E-state index is 10.4. The van der Waals surface area contributed by atoms with Crippen molar-refractivity contribution in [2.75, 3.05) is 19.8 Å². The summed E-state index contributed by atoms with van der Waals surface area (Å²) in [5.41, 5.74) is 2.25. The minimum Gasteiger partial charge on any atom is -0.744 e. The van der Waals surface area contributed by atoms with Gasteiger partial charge < -0.3 is 18.8 Å². The molecule has 0 unspecified atom stereocenters. The number of nitrogens with zero attached hydrogens (tertiary/aromatic N) is 1. The number of unbranched alkanes of at least 4 members (excludes halogenated alkanes) is 17. The van der Waals surface area contributed by atoms with Crippen LogP contribution in [0.1, 0.15) is 141 Å². The maximum Gasteiger partial charge on any atom is 0.212 e. The summed E-state index contributed by atoms with van der Waals surface area (Å²) in [6.07, 6.45) is 29.1. The fourth-order valence-electron chi connectivity index (χ4n) is 6.60. The Bertz CT molecular complexity index is 1410. The summed E-state index contributed by atoms with van der Waals surface area (Å²) in [4.78, 5) is -0.178. The van der Waals surface area contributed by atoms with Crippen LogP contribution in [0.15, 0.2) is 71.8 Å². The molecule has 4 rings (SSSR count). The number of fused-ring (bicyclic) bond motifs is 1. The zero-order valence-electron chi connectivity index (χ0n) is 31.8. The van der Waals surface area contributed by atoms with Gasteiger partial charge >= 0.3 is 0 Å². The molecule has 1 aliphatic rings. The Morgan fingerprint density at radius 1 is 0.725 bits per heavy atom. The van der Waals surface area contributed by atoms with Gasteiger partial charge in [-0.25, -0.2) is 8.42 Å². The van der Waals surface area contributed by atoms with Crippen LogP contribution in [0.3, 0.4) is 0 Å². The summed E-state index contributed by atoms with van der Waals surface area (Å²) in [5, 5.41) is 1.31. The normalized spacial score (nSPS) is 16.0. The lowest BCUT2D eigenvalue weighted by atomic mass is 10.0. The quantitative estimate of drug-likeness (QED) is 0.0465. The summed E-state index contributed by atoms with van der Waals surface area (Å²) >= 11 is 0. The Morgan fingerprint density at radius 3 is 1.94 bits per heavy atom. The van der Waals surface area contributed by atoms with Gasteiger partial charge in [-0.2, -0.15) is 4.57 Å². The van der Waals surface area contributed by atoms with Crippen LogP contribution in [0, 0.1) is 6.92 Å². The number of benzene rings is 2. The van der Waals surface area contributed by atoms with Gasteiger partial charge in [0.15, 0.2) is 12.5 Å². The van der Waals surface area contributed by atoms with E-state index in [1.807, 2.05) is 6.92 Å². The van der Waals surface area contributed by atoms with Gasteiger partial charge in [-0.15, -0.1) is 0 Å². The Labute approximate surface area is 310 Å². The first kappa shape index (κ1) is 43.0. The van der Waals surface area contributed by atoms with Gasteiger partial charge in [0.25, 0.3) is 0 Å². The molecular formula is C43H67NO6S. The van der Waals surface area contributed by atoms with Crippen molar-refractivity contribution in [3.05, 3.63) is 72.4 Å². The second-order valence-electron chi connectivity index (χ2n) is 14.3. The van der Waals surface area contributed by atoms with Crippen molar-refractivity contribution in [3.63, 3.8) is 0 Å². The van der Waals surface area contributed by atoms with E-state index in [4.69, 9.17) is 14.2 Å². The highest BCUT2D eigenvalue weighted by molar-refractivity contribution is 7.85. The number of rotatable bonds is 26. The minimum absolute atomic E-state index is 0.0119. The van der Waals surface area contributed by atoms with Crippen LogP contribution in [0.5, 0.6) is 0 Å². The molecule has 51 heavy (non-hydrogen) atoms. The van der Waals surface area contributed by atoms with Gasteiger partial charge in [0.2, 0.25) is 5.52 Å². The number of ether oxygens (including phenoxy) is 3. The van der Waals surface area contributed by atoms with Crippen LogP contribution < -0.4 is 4.57 Å². The van der Waals surface area contributed by atoms with Crippen molar-refractivity contribution in [3.8, 4) is 0 Å². The molecule has 2 heterocycles. The summed E-state index contributed by atoms with van der Waals surface area (Å²) in [5.74, 6) is 0. The van der Waals surface area contributed by atoms with Crippen LogP contribution in [0.2, 0.25) is 0 Å². The molecule has 0 spiro atoms. The second kappa shape index (κ2) is 26.4. The summed E-state index contributed by atoms with van der Waals surface area (Å²) in [6.45, 7) is 7.37. The molecule has 2 atom stereocenters. The van der Waals surface area contributed by atoms with Crippen molar-refractivity contribution in [1.82, 2.24) is 0 Å². The molecule has 8 heteroatoms. The first-order valence-corrected chi connectivity index (χ1v) is 21.5. The topological polar surface area (TPSA) is 88.8 Å².